The van der Waals surface area contributed by atoms with Crippen molar-refractivity contribution in [3.8, 4) is 5.75 Å². The first-order valence-electron chi connectivity index (χ1n) is 5.42. The summed E-state index contributed by atoms with van der Waals surface area (Å²) in [6.45, 7) is 7.20. The molecule has 1 atom stereocenters. The van der Waals surface area contributed by atoms with Crippen LogP contribution in [0.3, 0.4) is 0 Å². The van der Waals surface area contributed by atoms with Crippen molar-refractivity contribution in [2.75, 3.05) is 0 Å². The lowest BCUT2D eigenvalue weighted by Gasteiger charge is -2.21. The summed E-state index contributed by atoms with van der Waals surface area (Å²) in [6, 6.07) is 2.90. The van der Waals surface area contributed by atoms with Gasteiger partial charge in [-0.3, -0.25) is 4.98 Å². The second kappa shape index (κ2) is 5.03. The van der Waals surface area contributed by atoms with Gasteiger partial charge in [-0.15, -0.1) is 0 Å². The van der Waals surface area contributed by atoms with Crippen molar-refractivity contribution in [3.05, 3.63) is 24.0 Å². The quantitative estimate of drug-likeness (QED) is 0.829. The molecule has 5 heteroatoms. The van der Waals surface area contributed by atoms with Gasteiger partial charge in [0.2, 0.25) is 0 Å². The molecule has 0 saturated heterocycles. The normalized spacial score (nSPS) is 12.9. The number of alkyl carbamates (subject to hydrolysis) is 1. The number of hydrogen-bond acceptors (Lipinski definition) is 4. The monoisotopic (exact) mass is 238 g/mol. The summed E-state index contributed by atoms with van der Waals surface area (Å²) in [6.07, 6.45) is 0.850. The molecule has 2 N–H and O–H groups in total. The molecule has 0 bridgehead atoms. The third-order valence-electron chi connectivity index (χ3n) is 1.95. The van der Waals surface area contributed by atoms with Crippen molar-refractivity contribution >= 4 is 6.09 Å². The molecular formula is C12H18N2O3. The van der Waals surface area contributed by atoms with E-state index in [1.165, 1.54) is 12.3 Å². The van der Waals surface area contributed by atoms with Crippen LogP contribution in [0.5, 0.6) is 5.75 Å². The molecule has 5 nitrogen and oxygen atoms in total. The van der Waals surface area contributed by atoms with E-state index in [0.29, 0.717) is 5.69 Å². The van der Waals surface area contributed by atoms with E-state index in [1.807, 2.05) is 0 Å². The van der Waals surface area contributed by atoms with Crippen LogP contribution in [0.2, 0.25) is 0 Å². The first kappa shape index (κ1) is 13.3. The van der Waals surface area contributed by atoms with Crippen LogP contribution < -0.4 is 5.32 Å². The molecule has 0 spiro atoms. The zero-order chi connectivity index (χ0) is 13.1. The van der Waals surface area contributed by atoms with E-state index < -0.39 is 11.7 Å². The number of nitrogens with one attached hydrogen (secondary N) is 1. The lowest BCUT2D eigenvalue weighted by atomic mass is 10.2. The summed E-state index contributed by atoms with van der Waals surface area (Å²) in [4.78, 5) is 15.5. The molecule has 0 saturated carbocycles. The Morgan fingerprint density at radius 1 is 1.47 bits per heavy atom. The van der Waals surface area contributed by atoms with E-state index >= 15 is 0 Å². The lowest BCUT2D eigenvalue weighted by Crippen LogP contribution is -2.34. The molecule has 1 heterocycles. The van der Waals surface area contributed by atoms with Gasteiger partial charge in [-0.25, -0.2) is 4.79 Å². The highest BCUT2D eigenvalue weighted by molar-refractivity contribution is 5.68. The molecule has 0 aliphatic heterocycles. The Morgan fingerprint density at radius 3 is 2.59 bits per heavy atom. The number of amides is 1. The van der Waals surface area contributed by atoms with Crippen molar-refractivity contribution in [2.45, 2.75) is 39.3 Å². The molecule has 0 aliphatic rings. The van der Waals surface area contributed by atoms with Gasteiger partial charge in [0.1, 0.15) is 11.4 Å². The van der Waals surface area contributed by atoms with Crippen LogP contribution in [0, 0.1) is 0 Å². The van der Waals surface area contributed by atoms with E-state index in [0.717, 1.165) is 0 Å². The predicted octanol–water partition coefficient (Wildman–Crippen LogP) is 2.37. The molecule has 17 heavy (non-hydrogen) atoms. The Kier molecular flexibility index (Phi) is 3.93. The number of pyridine rings is 1. The van der Waals surface area contributed by atoms with Gasteiger partial charge in [0.05, 0.1) is 17.9 Å². The summed E-state index contributed by atoms with van der Waals surface area (Å²) < 4.78 is 5.13. The Labute approximate surface area is 101 Å². The second-order valence-corrected chi connectivity index (χ2v) is 4.81. The molecule has 94 valence electrons. The van der Waals surface area contributed by atoms with Gasteiger partial charge in [0.25, 0.3) is 0 Å². The minimum Gasteiger partial charge on any atom is -0.506 e. The first-order chi connectivity index (χ1) is 7.78. The molecule has 1 rings (SSSR count). The van der Waals surface area contributed by atoms with E-state index in [9.17, 15) is 4.79 Å². The van der Waals surface area contributed by atoms with Gasteiger partial charge in [0.15, 0.2) is 0 Å². The topological polar surface area (TPSA) is 71.5 Å². The molecule has 0 aromatic carbocycles. The van der Waals surface area contributed by atoms with Gasteiger partial charge in [-0.1, -0.05) is 0 Å². The van der Waals surface area contributed by atoms with Crippen LogP contribution in [0.15, 0.2) is 18.3 Å². The van der Waals surface area contributed by atoms with Gasteiger partial charge in [0, 0.05) is 0 Å². The standard InChI is InChI=1S/C12H18N2O3/c1-8(10-6-5-9(15)7-13-10)14-11(16)17-12(2,3)4/h5-8,15H,1-4H3,(H,14,16). The summed E-state index contributed by atoms with van der Waals surface area (Å²) >= 11 is 0. The van der Waals surface area contributed by atoms with E-state index in [-0.39, 0.29) is 11.8 Å². The van der Waals surface area contributed by atoms with Gasteiger partial charge in [-0.2, -0.15) is 0 Å². The van der Waals surface area contributed by atoms with Crippen molar-refractivity contribution < 1.29 is 14.6 Å². The lowest BCUT2D eigenvalue weighted by molar-refractivity contribution is 0.0507. The molecule has 0 fully saturated rings. The minimum atomic E-state index is -0.522. The van der Waals surface area contributed by atoms with Crippen LogP contribution in [0.1, 0.15) is 39.4 Å². The number of carbonyl (C=O) groups excluding carboxylic acids is 1. The average Bonchev–Trinajstić information content (AvgIpc) is 2.15. The zero-order valence-corrected chi connectivity index (χ0v) is 10.5. The average molecular weight is 238 g/mol. The second-order valence-electron chi connectivity index (χ2n) is 4.81. The maximum absolute atomic E-state index is 11.5. The number of aromatic nitrogens is 1. The van der Waals surface area contributed by atoms with Crippen LogP contribution in [-0.4, -0.2) is 21.8 Å². The highest BCUT2D eigenvalue weighted by atomic mass is 16.6. The number of ether oxygens (including phenoxy) is 1. The van der Waals surface area contributed by atoms with Crippen molar-refractivity contribution in [3.63, 3.8) is 0 Å². The van der Waals surface area contributed by atoms with Crippen molar-refractivity contribution in [1.82, 2.24) is 10.3 Å². The number of rotatable bonds is 2. The Balaban J connectivity index is 2.57. The number of nitrogens with zero attached hydrogens (tertiary/aromatic N) is 1. The van der Waals surface area contributed by atoms with Gasteiger partial charge < -0.3 is 15.2 Å². The SMILES string of the molecule is CC(NC(=O)OC(C)(C)C)c1ccc(O)cn1. The van der Waals surface area contributed by atoms with Crippen LogP contribution >= 0.6 is 0 Å². The number of carbonyl (C=O) groups is 1. The maximum Gasteiger partial charge on any atom is 0.408 e. The third kappa shape index (κ3) is 4.72. The highest BCUT2D eigenvalue weighted by Gasteiger charge is 2.18. The molecule has 1 aromatic heterocycles. The highest BCUT2D eigenvalue weighted by Crippen LogP contribution is 2.14. The van der Waals surface area contributed by atoms with Crippen molar-refractivity contribution in [1.29, 1.82) is 0 Å². The first-order valence-corrected chi connectivity index (χ1v) is 5.42. The van der Waals surface area contributed by atoms with E-state index in [1.54, 1.807) is 33.8 Å². The fourth-order valence-corrected chi connectivity index (χ4v) is 1.21. The van der Waals surface area contributed by atoms with Crippen molar-refractivity contribution in [2.24, 2.45) is 0 Å². The molecule has 1 unspecified atom stereocenters. The van der Waals surface area contributed by atoms with Gasteiger partial charge >= 0.3 is 6.09 Å². The maximum atomic E-state index is 11.5. The Morgan fingerprint density at radius 2 is 2.12 bits per heavy atom. The predicted molar refractivity (Wildman–Crippen MR) is 63.7 cm³/mol. The summed E-state index contributed by atoms with van der Waals surface area (Å²) in [5.74, 6) is 0.0956. The number of hydrogen-bond donors (Lipinski definition) is 2. The van der Waals surface area contributed by atoms with Crippen LogP contribution in [-0.2, 0) is 4.74 Å². The van der Waals surface area contributed by atoms with Crippen LogP contribution in [0.4, 0.5) is 4.79 Å². The summed E-state index contributed by atoms with van der Waals surface area (Å²) in [7, 11) is 0. The largest absolute Gasteiger partial charge is 0.506 e. The smallest absolute Gasteiger partial charge is 0.408 e. The molecule has 0 aliphatic carbocycles. The van der Waals surface area contributed by atoms with Gasteiger partial charge in [-0.05, 0) is 39.8 Å². The zero-order valence-electron chi connectivity index (χ0n) is 10.5. The molecule has 0 radical (unpaired) electrons. The molecule has 1 aromatic rings. The Bertz CT molecular complexity index is 382. The third-order valence-corrected chi connectivity index (χ3v) is 1.95. The van der Waals surface area contributed by atoms with Crippen LogP contribution in [0.25, 0.3) is 0 Å². The molecule has 1 amide bonds. The summed E-state index contributed by atoms with van der Waals surface area (Å²) in [5, 5.41) is 11.8. The Hall–Kier alpha value is -1.78. The van der Waals surface area contributed by atoms with E-state index in [4.69, 9.17) is 9.84 Å². The summed E-state index contributed by atoms with van der Waals surface area (Å²) in [5.41, 5.74) is 0.139. The minimum absolute atomic E-state index is 0.0956. The van der Waals surface area contributed by atoms with E-state index in [2.05, 4.69) is 10.3 Å². The molecular weight excluding hydrogens is 220 g/mol. The fourth-order valence-electron chi connectivity index (χ4n) is 1.21. The fraction of sp³-hybridized carbons (Fsp3) is 0.500. The number of aromatic hydroxyl groups is 1.